The van der Waals surface area contributed by atoms with Gasteiger partial charge in [0, 0.05) is 26.7 Å². The third kappa shape index (κ3) is 6.16. The molecule has 0 aromatic heterocycles. The molecule has 168 valence electrons. The first-order chi connectivity index (χ1) is 16.0. The third-order valence-corrected chi connectivity index (χ3v) is 5.39. The molecule has 0 saturated heterocycles. The van der Waals surface area contributed by atoms with Crippen molar-refractivity contribution in [3.63, 3.8) is 0 Å². The fourth-order valence-electron chi connectivity index (χ4n) is 3.31. The van der Waals surface area contributed by atoms with Crippen LogP contribution in [0.1, 0.15) is 29.2 Å². The lowest BCUT2D eigenvalue weighted by molar-refractivity contribution is 0.267. The minimum Gasteiger partial charge on any atom is -0.490 e. The minimum absolute atomic E-state index is 0.210. The summed E-state index contributed by atoms with van der Waals surface area (Å²) in [5.41, 5.74) is 2.73. The molecule has 0 amide bonds. The maximum Gasteiger partial charge on any atom is 0.165 e. The fourth-order valence-corrected chi connectivity index (χ4v) is 3.77. The van der Waals surface area contributed by atoms with Crippen LogP contribution < -0.4 is 9.47 Å². The van der Waals surface area contributed by atoms with E-state index in [1.165, 1.54) is 6.07 Å². The highest BCUT2D eigenvalue weighted by atomic mass is 35.5. The van der Waals surface area contributed by atoms with E-state index in [9.17, 15) is 9.65 Å². The van der Waals surface area contributed by atoms with Gasteiger partial charge in [-0.15, -0.1) is 6.58 Å². The highest BCUT2D eigenvalue weighted by Crippen LogP contribution is 2.36. The van der Waals surface area contributed by atoms with E-state index in [2.05, 4.69) is 12.6 Å². The van der Waals surface area contributed by atoms with Crippen molar-refractivity contribution < 1.29 is 13.9 Å². The molecule has 0 fully saturated rings. The number of rotatable bonds is 9. The topological polar surface area (TPSA) is 42.2 Å². The van der Waals surface area contributed by atoms with Gasteiger partial charge < -0.3 is 9.47 Å². The first kappa shape index (κ1) is 24.4. The number of nitriles is 1. The standard InChI is InChI=1S/C27H22Cl2FNO2/c1-3-7-19-12-18(13-21(16-31)23-8-5-6-9-25(23)30)14-26(32-4-2)27(19)33-17-20-10-11-22(28)15-24(20)29/h3,5-6,8-15H,1,4,7,17H2,2H3. The van der Waals surface area contributed by atoms with E-state index in [-0.39, 0.29) is 17.7 Å². The van der Waals surface area contributed by atoms with Gasteiger partial charge in [-0.1, -0.05) is 53.5 Å². The van der Waals surface area contributed by atoms with Crippen LogP contribution >= 0.6 is 23.2 Å². The molecule has 0 atom stereocenters. The van der Waals surface area contributed by atoms with Gasteiger partial charge in [-0.2, -0.15) is 5.26 Å². The van der Waals surface area contributed by atoms with Gasteiger partial charge >= 0.3 is 0 Å². The number of benzene rings is 3. The molecule has 3 nitrogen and oxygen atoms in total. The normalized spacial score (nSPS) is 11.1. The quantitative estimate of drug-likeness (QED) is 0.177. The number of hydrogen-bond acceptors (Lipinski definition) is 3. The average molecular weight is 482 g/mol. The Hall–Kier alpha value is -3.26. The number of allylic oxidation sites excluding steroid dienone is 2. The summed E-state index contributed by atoms with van der Waals surface area (Å²) in [4.78, 5) is 0. The molecule has 0 aliphatic heterocycles. The highest BCUT2D eigenvalue weighted by Gasteiger charge is 2.15. The fraction of sp³-hybridized carbons (Fsp3) is 0.148. The van der Waals surface area contributed by atoms with Crippen molar-refractivity contribution >= 4 is 34.9 Å². The highest BCUT2D eigenvalue weighted by molar-refractivity contribution is 6.35. The molecule has 0 saturated carbocycles. The Labute approximate surface area is 203 Å². The summed E-state index contributed by atoms with van der Waals surface area (Å²) < 4.78 is 26.2. The Kier molecular flexibility index (Phi) is 8.54. The maximum absolute atomic E-state index is 14.2. The van der Waals surface area contributed by atoms with Crippen LogP contribution in [-0.4, -0.2) is 6.61 Å². The summed E-state index contributed by atoms with van der Waals surface area (Å²) in [6.45, 7) is 6.33. The van der Waals surface area contributed by atoms with Crippen LogP contribution in [0.2, 0.25) is 10.0 Å². The second-order valence-electron chi connectivity index (χ2n) is 7.11. The largest absolute Gasteiger partial charge is 0.490 e. The molecule has 0 bridgehead atoms. The van der Waals surface area contributed by atoms with E-state index < -0.39 is 5.82 Å². The van der Waals surface area contributed by atoms with Gasteiger partial charge in [0.2, 0.25) is 0 Å². The average Bonchev–Trinajstić information content (AvgIpc) is 2.79. The molecule has 3 aromatic carbocycles. The summed E-state index contributed by atoms with van der Waals surface area (Å²) in [7, 11) is 0. The van der Waals surface area contributed by atoms with Crippen molar-refractivity contribution in [3.05, 3.63) is 105 Å². The lowest BCUT2D eigenvalue weighted by atomic mass is 10.0. The molecule has 0 N–H and O–H groups in total. The number of halogens is 3. The monoisotopic (exact) mass is 481 g/mol. The van der Waals surface area contributed by atoms with Crippen molar-refractivity contribution in [3.8, 4) is 17.6 Å². The Bertz CT molecular complexity index is 1230. The summed E-state index contributed by atoms with van der Waals surface area (Å²) in [6, 6.07) is 17.1. The van der Waals surface area contributed by atoms with Crippen molar-refractivity contribution in [1.82, 2.24) is 0 Å². The second-order valence-corrected chi connectivity index (χ2v) is 7.95. The molecular formula is C27H22Cl2FNO2. The zero-order valence-corrected chi connectivity index (χ0v) is 19.6. The van der Waals surface area contributed by atoms with E-state index in [1.54, 1.807) is 48.6 Å². The summed E-state index contributed by atoms with van der Waals surface area (Å²) in [5.74, 6) is 0.616. The molecule has 0 aliphatic rings. The van der Waals surface area contributed by atoms with Gasteiger partial charge in [-0.05, 0) is 55.3 Å². The molecule has 33 heavy (non-hydrogen) atoms. The van der Waals surface area contributed by atoms with Crippen molar-refractivity contribution in [2.24, 2.45) is 0 Å². The van der Waals surface area contributed by atoms with Crippen LogP contribution in [0, 0.1) is 17.1 Å². The molecule has 6 heteroatoms. The van der Waals surface area contributed by atoms with Crippen molar-refractivity contribution in [1.29, 1.82) is 5.26 Å². The number of ether oxygens (including phenoxy) is 2. The SMILES string of the molecule is C=CCc1cc(C=C(C#N)c2ccccc2F)cc(OCC)c1OCc1ccc(Cl)cc1Cl. The first-order valence-corrected chi connectivity index (χ1v) is 11.1. The molecular weight excluding hydrogens is 460 g/mol. The van der Waals surface area contributed by atoms with E-state index >= 15 is 0 Å². The molecule has 0 unspecified atom stereocenters. The van der Waals surface area contributed by atoms with Crippen molar-refractivity contribution in [2.75, 3.05) is 6.61 Å². The van der Waals surface area contributed by atoms with Crippen LogP contribution in [0.5, 0.6) is 11.5 Å². The molecule has 0 heterocycles. The van der Waals surface area contributed by atoms with Gasteiger partial charge in [0.25, 0.3) is 0 Å². The molecule has 0 aliphatic carbocycles. The first-order valence-electron chi connectivity index (χ1n) is 10.3. The van der Waals surface area contributed by atoms with Crippen LogP contribution in [0.3, 0.4) is 0 Å². The molecule has 3 rings (SSSR count). The second kappa shape index (κ2) is 11.6. The number of hydrogen-bond donors (Lipinski definition) is 0. The van der Waals surface area contributed by atoms with Gasteiger partial charge in [-0.3, -0.25) is 0 Å². The van der Waals surface area contributed by atoms with Gasteiger partial charge in [-0.25, -0.2) is 4.39 Å². The lowest BCUT2D eigenvalue weighted by Crippen LogP contribution is -2.04. The number of nitrogens with zero attached hydrogens (tertiary/aromatic N) is 1. The van der Waals surface area contributed by atoms with Gasteiger partial charge in [0.15, 0.2) is 11.5 Å². The van der Waals surface area contributed by atoms with Gasteiger partial charge in [0.05, 0.1) is 18.2 Å². The molecule has 0 spiro atoms. The lowest BCUT2D eigenvalue weighted by Gasteiger charge is -2.17. The minimum atomic E-state index is -0.457. The van der Waals surface area contributed by atoms with E-state index in [0.717, 1.165) is 11.1 Å². The van der Waals surface area contributed by atoms with Crippen LogP contribution in [0.25, 0.3) is 11.6 Å². The van der Waals surface area contributed by atoms with Crippen LogP contribution in [0.15, 0.2) is 67.3 Å². The smallest absolute Gasteiger partial charge is 0.165 e. The third-order valence-electron chi connectivity index (χ3n) is 4.80. The Balaban J connectivity index is 2.03. The zero-order chi connectivity index (χ0) is 23.8. The molecule has 0 radical (unpaired) electrons. The van der Waals surface area contributed by atoms with E-state index in [0.29, 0.717) is 40.1 Å². The summed E-state index contributed by atoms with van der Waals surface area (Å²) in [5, 5.41) is 10.7. The Morgan fingerprint density at radius 2 is 1.88 bits per heavy atom. The Morgan fingerprint density at radius 1 is 1.09 bits per heavy atom. The van der Waals surface area contributed by atoms with Gasteiger partial charge in [0.1, 0.15) is 12.4 Å². The van der Waals surface area contributed by atoms with E-state index in [1.807, 2.05) is 19.1 Å². The van der Waals surface area contributed by atoms with E-state index in [4.69, 9.17) is 32.7 Å². The predicted octanol–water partition coefficient (Wildman–Crippen LogP) is 7.90. The predicted molar refractivity (Wildman–Crippen MR) is 132 cm³/mol. The maximum atomic E-state index is 14.2. The zero-order valence-electron chi connectivity index (χ0n) is 18.1. The molecule has 3 aromatic rings. The Morgan fingerprint density at radius 3 is 2.55 bits per heavy atom. The van der Waals surface area contributed by atoms with Crippen LogP contribution in [0.4, 0.5) is 4.39 Å². The summed E-state index contributed by atoms with van der Waals surface area (Å²) >= 11 is 12.3. The van der Waals surface area contributed by atoms with Crippen molar-refractivity contribution in [2.45, 2.75) is 20.0 Å². The summed E-state index contributed by atoms with van der Waals surface area (Å²) in [6.07, 6.45) is 3.89. The van der Waals surface area contributed by atoms with Crippen LogP contribution in [-0.2, 0) is 13.0 Å².